The number of ether oxygens (including phenoxy) is 1. The van der Waals surface area contributed by atoms with Gasteiger partial charge in [-0.3, -0.25) is 9.59 Å². The van der Waals surface area contributed by atoms with Gasteiger partial charge >= 0.3 is 0 Å². The normalized spacial score (nSPS) is 13.9. The molecule has 0 radical (unpaired) electrons. The van der Waals surface area contributed by atoms with Crippen LogP contribution >= 0.6 is 11.6 Å². The van der Waals surface area contributed by atoms with Crippen LogP contribution in [0.25, 0.3) is 0 Å². The average Bonchev–Trinajstić information content (AvgIpc) is 2.74. The first-order chi connectivity index (χ1) is 14.0. The van der Waals surface area contributed by atoms with Crippen molar-refractivity contribution in [2.24, 2.45) is 0 Å². The Labute approximate surface area is 176 Å². The average molecular weight is 416 g/mol. The highest BCUT2D eigenvalue weighted by molar-refractivity contribution is 6.31. The molecule has 0 unspecified atom stereocenters. The number of piperazine rings is 1. The lowest BCUT2D eigenvalue weighted by Crippen LogP contribution is -2.48. The fourth-order valence-corrected chi connectivity index (χ4v) is 3.57. The van der Waals surface area contributed by atoms with Gasteiger partial charge in [-0.15, -0.1) is 0 Å². The van der Waals surface area contributed by atoms with Crippen LogP contribution in [0.1, 0.15) is 30.1 Å². The standard InChI is InChI=1S/C22H26ClN3O3/c1-3-4-21(27)26-13-11-25(12-14-26)18-8-6-17(7-9-18)24-22(28)19-15-16(23)5-10-20(19)29-2/h5-10,15H,3-4,11-14H2,1-2H3,(H,24,28). The number of hydrogen-bond donors (Lipinski definition) is 1. The Balaban J connectivity index is 1.60. The third-order valence-electron chi connectivity index (χ3n) is 4.99. The number of carbonyl (C=O) groups excluding carboxylic acids is 2. The highest BCUT2D eigenvalue weighted by Gasteiger charge is 2.20. The van der Waals surface area contributed by atoms with Crippen molar-refractivity contribution < 1.29 is 14.3 Å². The Morgan fingerprint density at radius 3 is 2.38 bits per heavy atom. The molecule has 7 heteroatoms. The minimum Gasteiger partial charge on any atom is -0.496 e. The van der Waals surface area contributed by atoms with E-state index in [1.807, 2.05) is 36.1 Å². The van der Waals surface area contributed by atoms with Gasteiger partial charge in [0, 0.05) is 49.0 Å². The molecule has 1 saturated heterocycles. The quantitative estimate of drug-likeness (QED) is 0.773. The van der Waals surface area contributed by atoms with Crippen molar-refractivity contribution in [1.29, 1.82) is 0 Å². The summed E-state index contributed by atoms with van der Waals surface area (Å²) in [6, 6.07) is 12.6. The number of benzene rings is 2. The van der Waals surface area contributed by atoms with Gasteiger partial charge in [0.15, 0.2) is 0 Å². The molecule has 0 aliphatic carbocycles. The van der Waals surface area contributed by atoms with Gasteiger partial charge in [0.05, 0.1) is 12.7 Å². The van der Waals surface area contributed by atoms with E-state index in [1.165, 1.54) is 7.11 Å². The summed E-state index contributed by atoms with van der Waals surface area (Å²) in [5, 5.41) is 3.35. The summed E-state index contributed by atoms with van der Waals surface area (Å²) in [5.74, 6) is 0.431. The number of hydrogen-bond acceptors (Lipinski definition) is 4. The molecule has 1 aliphatic heterocycles. The van der Waals surface area contributed by atoms with Crippen LogP contribution in [0, 0.1) is 0 Å². The molecule has 1 aliphatic rings. The zero-order valence-electron chi connectivity index (χ0n) is 16.8. The van der Waals surface area contributed by atoms with Crippen molar-refractivity contribution in [3.63, 3.8) is 0 Å². The Kier molecular flexibility index (Phi) is 6.99. The van der Waals surface area contributed by atoms with E-state index in [1.54, 1.807) is 18.2 Å². The predicted octanol–water partition coefficient (Wildman–Crippen LogP) is 4.05. The van der Waals surface area contributed by atoms with Crippen molar-refractivity contribution in [3.05, 3.63) is 53.1 Å². The predicted molar refractivity (Wildman–Crippen MR) is 116 cm³/mol. The molecular formula is C22H26ClN3O3. The number of nitrogens with one attached hydrogen (secondary N) is 1. The van der Waals surface area contributed by atoms with E-state index in [4.69, 9.17) is 16.3 Å². The molecule has 2 aromatic carbocycles. The van der Waals surface area contributed by atoms with Crippen molar-refractivity contribution >= 4 is 34.8 Å². The Morgan fingerprint density at radius 1 is 1.07 bits per heavy atom. The molecule has 0 bridgehead atoms. The number of amides is 2. The van der Waals surface area contributed by atoms with E-state index in [-0.39, 0.29) is 11.8 Å². The van der Waals surface area contributed by atoms with Gasteiger partial charge < -0.3 is 19.9 Å². The van der Waals surface area contributed by atoms with Crippen LogP contribution in [0.2, 0.25) is 5.02 Å². The molecular weight excluding hydrogens is 390 g/mol. The monoisotopic (exact) mass is 415 g/mol. The van der Waals surface area contributed by atoms with Gasteiger partial charge in [0.1, 0.15) is 5.75 Å². The lowest BCUT2D eigenvalue weighted by molar-refractivity contribution is -0.131. The Morgan fingerprint density at radius 2 is 1.76 bits per heavy atom. The van der Waals surface area contributed by atoms with Crippen LogP contribution in [-0.2, 0) is 4.79 Å². The summed E-state index contributed by atoms with van der Waals surface area (Å²) < 4.78 is 5.24. The molecule has 1 N–H and O–H groups in total. The molecule has 1 heterocycles. The van der Waals surface area contributed by atoms with Crippen LogP contribution in [0.5, 0.6) is 5.75 Å². The minimum absolute atomic E-state index is 0.238. The maximum atomic E-state index is 12.6. The fraction of sp³-hybridized carbons (Fsp3) is 0.364. The van der Waals surface area contributed by atoms with E-state index in [0.717, 1.165) is 38.3 Å². The topological polar surface area (TPSA) is 61.9 Å². The molecule has 0 spiro atoms. The highest BCUT2D eigenvalue weighted by atomic mass is 35.5. The number of rotatable bonds is 6. The first-order valence-electron chi connectivity index (χ1n) is 9.79. The number of carbonyl (C=O) groups is 2. The number of anilines is 2. The molecule has 6 nitrogen and oxygen atoms in total. The van der Waals surface area contributed by atoms with Crippen LogP contribution in [0.4, 0.5) is 11.4 Å². The number of methoxy groups -OCH3 is 1. The van der Waals surface area contributed by atoms with Crippen LogP contribution in [0.3, 0.4) is 0 Å². The molecule has 1 fully saturated rings. The third kappa shape index (κ3) is 5.21. The van der Waals surface area contributed by atoms with Gasteiger partial charge in [0.25, 0.3) is 5.91 Å². The maximum Gasteiger partial charge on any atom is 0.259 e. The highest BCUT2D eigenvalue weighted by Crippen LogP contribution is 2.25. The molecule has 154 valence electrons. The number of halogens is 1. The van der Waals surface area contributed by atoms with Crippen molar-refractivity contribution in [3.8, 4) is 5.75 Å². The van der Waals surface area contributed by atoms with E-state index in [2.05, 4.69) is 10.2 Å². The van der Waals surface area contributed by atoms with Gasteiger partial charge in [0.2, 0.25) is 5.91 Å². The van der Waals surface area contributed by atoms with Crippen molar-refractivity contribution in [2.75, 3.05) is 43.5 Å². The summed E-state index contributed by atoms with van der Waals surface area (Å²) in [7, 11) is 1.52. The van der Waals surface area contributed by atoms with Crippen LogP contribution in [0.15, 0.2) is 42.5 Å². The maximum absolute atomic E-state index is 12.6. The van der Waals surface area contributed by atoms with E-state index < -0.39 is 0 Å². The Hall–Kier alpha value is -2.73. The molecule has 2 amide bonds. The molecule has 0 saturated carbocycles. The zero-order chi connectivity index (χ0) is 20.8. The zero-order valence-corrected chi connectivity index (χ0v) is 17.5. The summed E-state index contributed by atoms with van der Waals surface area (Å²) in [6.07, 6.45) is 1.50. The molecule has 0 atom stereocenters. The lowest BCUT2D eigenvalue weighted by Gasteiger charge is -2.36. The summed E-state index contributed by atoms with van der Waals surface area (Å²) >= 11 is 6.01. The molecule has 29 heavy (non-hydrogen) atoms. The van der Waals surface area contributed by atoms with Gasteiger partial charge in [-0.25, -0.2) is 0 Å². The SMILES string of the molecule is CCCC(=O)N1CCN(c2ccc(NC(=O)c3cc(Cl)ccc3OC)cc2)CC1. The van der Waals surface area contributed by atoms with Crippen LogP contribution < -0.4 is 15.0 Å². The number of nitrogens with zero attached hydrogens (tertiary/aromatic N) is 2. The van der Waals surface area contributed by atoms with Gasteiger partial charge in [-0.1, -0.05) is 18.5 Å². The van der Waals surface area contributed by atoms with Crippen molar-refractivity contribution in [2.45, 2.75) is 19.8 Å². The fourth-order valence-electron chi connectivity index (χ4n) is 3.40. The van der Waals surface area contributed by atoms with E-state index in [9.17, 15) is 9.59 Å². The Bertz CT molecular complexity index is 862. The van der Waals surface area contributed by atoms with E-state index >= 15 is 0 Å². The minimum atomic E-state index is -0.278. The summed E-state index contributed by atoms with van der Waals surface area (Å²) in [6.45, 7) is 5.12. The van der Waals surface area contributed by atoms with Gasteiger partial charge in [-0.2, -0.15) is 0 Å². The first-order valence-corrected chi connectivity index (χ1v) is 10.2. The lowest BCUT2D eigenvalue weighted by atomic mass is 10.1. The van der Waals surface area contributed by atoms with Crippen LogP contribution in [-0.4, -0.2) is 50.0 Å². The molecule has 3 rings (SSSR count). The molecule has 0 aromatic heterocycles. The largest absolute Gasteiger partial charge is 0.496 e. The summed E-state index contributed by atoms with van der Waals surface area (Å²) in [4.78, 5) is 28.8. The smallest absolute Gasteiger partial charge is 0.259 e. The van der Waals surface area contributed by atoms with Crippen molar-refractivity contribution in [1.82, 2.24) is 4.90 Å². The van der Waals surface area contributed by atoms with E-state index in [0.29, 0.717) is 28.4 Å². The summed E-state index contributed by atoms with van der Waals surface area (Å²) in [5.41, 5.74) is 2.15. The first kappa shape index (κ1) is 21.0. The second-order valence-corrected chi connectivity index (χ2v) is 7.40. The third-order valence-corrected chi connectivity index (χ3v) is 5.23. The van der Waals surface area contributed by atoms with Gasteiger partial charge in [-0.05, 0) is 48.9 Å². The molecule has 2 aromatic rings. The second-order valence-electron chi connectivity index (χ2n) is 6.96. The second kappa shape index (κ2) is 9.65.